The van der Waals surface area contributed by atoms with Crippen LogP contribution in [0.3, 0.4) is 0 Å². The van der Waals surface area contributed by atoms with Crippen LogP contribution < -0.4 is 10.7 Å². The van der Waals surface area contributed by atoms with Gasteiger partial charge in [-0.25, -0.2) is 9.07 Å². The number of nitrogens with one attached hydrogen (secondary N) is 2. The fourth-order valence-corrected chi connectivity index (χ4v) is 4.54. The number of amides is 1. The van der Waals surface area contributed by atoms with E-state index in [1.165, 1.54) is 29.5 Å². The van der Waals surface area contributed by atoms with Crippen LogP contribution in [-0.4, -0.2) is 26.0 Å². The second-order valence-electron chi connectivity index (χ2n) is 7.47. The molecule has 0 unspecified atom stereocenters. The Kier molecular flexibility index (Phi) is 5.76. The molecule has 1 aromatic heterocycles. The Morgan fingerprint density at radius 3 is 2.63 bits per heavy atom. The van der Waals surface area contributed by atoms with Gasteiger partial charge < -0.3 is 10.7 Å². The summed E-state index contributed by atoms with van der Waals surface area (Å²) >= 11 is 1.37. The maximum Gasteiger partial charge on any atom is 0.240 e. The first-order valence-corrected chi connectivity index (χ1v) is 10.9. The van der Waals surface area contributed by atoms with Crippen molar-refractivity contribution in [3.05, 3.63) is 70.8 Å². The summed E-state index contributed by atoms with van der Waals surface area (Å²) in [5, 5.41) is 11.7. The molecular weight excluding hydrogens is 401 g/mol. The Bertz CT molecular complexity index is 1070. The Balaban J connectivity index is 1.66. The lowest BCUT2D eigenvalue weighted by Gasteiger charge is -2.33. The Labute approximate surface area is 179 Å². The molecule has 2 heterocycles. The van der Waals surface area contributed by atoms with Crippen LogP contribution in [0.2, 0.25) is 0 Å². The average molecular weight is 426 g/mol. The molecule has 0 saturated heterocycles. The maximum atomic E-state index is 13.5. The van der Waals surface area contributed by atoms with Crippen molar-refractivity contribution in [1.82, 2.24) is 14.9 Å². The highest BCUT2D eigenvalue weighted by Gasteiger charge is 2.37. The lowest BCUT2D eigenvalue weighted by Crippen LogP contribution is -2.41. The number of nitrogens with zero attached hydrogens (tertiary/aromatic N) is 3. The molecule has 2 N–H and O–H groups in total. The molecule has 30 heavy (non-hydrogen) atoms. The highest BCUT2D eigenvalue weighted by Crippen LogP contribution is 2.37. The molecule has 8 heteroatoms. The molecule has 3 aromatic rings. The number of hydrogen-bond acceptors (Lipinski definition) is 5. The van der Waals surface area contributed by atoms with Gasteiger partial charge in [-0.1, -0.05) is 36.9 Å². The van der Waals surface area contributed by atoms with Gasteiger partial charge in [-0.3, -0.25) is 4.79 Å². The van der Waals surface area contributed by atoms with Crippen LogP contribution in [0.4, 0.5) is 10.1 Å². The molecule has 2 atom stereocenters. The van der Waals surface area contributed by atoms with E-state index in [-0.39, 0.29) is 17.8 Å². The van der Waals surface area contributed by atoms with Crippen molar-refractivity contribution in [2.24, 2.45) is 0 Å². The summed E-state index contributed by atoms with van der Waals surface area (Å²) < 4.78 is 15.3. The van der Waals surface area contributed by atoms with Gasteiger partial charge in [0.15, 0.2) is 5.82 Å². The minimum atomic E-state index is -0.497. The topological polar surface area (TPSA) is 71.8 Å². The van der Waals surface area contributed by atoms with E-state index in [9.17, 15) is 9.18 Å². The van der Waals surface area contributed by atoms with Crippen LogP contribution in [0, 0.1) is 19.7 Å². The van der Waals surface area contributed by atoms with E-state index >= 15 is 0 Å². The molecule has 0 saturated carbocycles. The summed E-state index contributed by atoms with van der Waals surface area (Å²) in [6, 6.07) is 11.7. The number of hydrogen-bond donors (Lipinski definition) is 2. The lowest BCUT2D eigenvalue weighted by atomic mass is 10.0. The van der Waals surface area contributed by atoms with Crippen LogP contribution in [0.1, 0.15) is 41.9 Å². The van der Waals surface area contributed by atoms with E-state index in [1.54, 1.807) is 12.1 Å². The van der Waals surface area contributed by atoms with Crippen molar-refractivity contribution < 1.29 is 9.18 Å². The van der Waals surface area contributed by atoms with Crippen molar-refractivity contribution in [2.75, 3.05) is 10.7 Å². The van der Waals surface area contributed by atoms with Crippen LogP contribution >= 0.6 is 11.8 Å². The van der Waals surface area contributed by atoms with E-state index < -0.39 is 5.25 Å². The number of anilines is 1. The van der Waals surface area contributed by atoms with E-state index in [1.807, 2.05) is 36.7 Å². The van der Waals surface area contributed by atoms with Crippen molar-refractivity contribution in [3.63, 3.8) is 0 Å². The fraction of sp³-hybridized carbons (Fsp3) is 0.318. The number of aromatic nitrogens is 3. The van der Waals surface area contributed by atoms with Crippen LogP contribution in [0.15, 0.2) is 47.6 Å². The van der Waals surface area contributed by atoms with Gasteiger partial charge in [-0.05, 0) is 61.2 Å². The first kappa shape index (κ1) is 20.4. The summed E-state index contributed by atoms with van der Waals surface area (Å²) in [6.45, 7) is 6.13. The summed E-state index contributed by atoms with van der Waals surface area (Å²) in [6.07, 6.45) is 1.71. The Morgan fingerprint density at radius 2 is 1.93 bits per heavy atom. The van der Waals surface area contributed by atoms with E-state index in [4.69, 9.17) is 0 Å². The quantitative estimate of drug-likeness (QED) is 0.635. The molecule has 0 spiro atoms. The predicted octanol–water partition coefficient (Wildman–Crippen LogP) is 4.38. The zero-order valence-corrected chi connectivity index (χ0v) is 18.0. The standard InChI is InChI=1S/C22H24FN5OS/c1-4-5-18-25-26-22-28(18)27-19(15-7-9-16(23)10-8-15)20(30-22)21(29)24-17-11-6-13(2)14(3)12-17/h6-12,19-20,27H,4-5H2,1-3H3,(H,24,29)/t19-,20-/m1/s1. The van der Waals surface area contributed by atoms with Crippen molar-refractivity contribution >= 4 is 23.4 Å². The van der Waals surface area contributed by atoms with Crippen molar-refractivity contribution in [2.45, 2.75) is 50.1 Å². The van der Waals surface area contributed by atoms with Gasteiger partial charge in [0.05, 0.1) is 6.04 Å². The van der Waals surface area contributed by atoms with Crippen molar-refractivity contribution in [1.29, 1.82) is 0 Å². The van der Waals surface area contributed by atoms with Gasteiger partial charge in [0, 0.05) is 12.1 Å². The third-order valence-electron chi connectivity index (χ3n) is 5.24. The number of benzene rings is 2. The number of carbonyl (C=O) groups is 1. The van der Waals surface area contributed by atoms with Gasteiger partial charge in [-0.2, -0.15) is 0 Å². The number of thioether (sulfide) groups is 1. The van der Waals surface area contributed by atoms with E-state index in [0.29, 0.717) is 5.16 Å². The highest BCUT2D eigenvalue weighted by atomic mass is 32.2. The smallest absolute Gasteiger partial charge is 0.240 e. The van der Waals surface area contributed by atoms with Gasteiger partial charge in [0.2, 0.25) is 11.1 Å². The fourth-order valence-electron chi connectivity index (χ4n) is 3.44. The summed E-state index contributed by atoms with van der Waals surface area (Å²) in [5.41, 5.74) is 7.25. The Hall–Kier alpha value is -2.87. The van der Waals surface area contributed by atoms with Crippen LogP contribution in [0.25, 0.3) is 0 Å². The molecule has 1 amide bonds. The van der Waals surface area contributed by atoms with E-state index in [0.717, 1.165) is 35.5 Å². The molecule has 1 aliphatic heterocycles. The molecule has 0 radical (unpaired) electrons. The van der Waals surface area contributed by atoms with Crippen molar-refractivity contribution in [3.8, 4) is 0 Å². The average Bonchev–Trinajstić information content (AvgIpc) is 3.12. The second kappa shape index (κ2) is 8.47. The van der Waals surface area contributed by atoms with Gasteiger partial charge in [0.25, 0.3) is 0 Å². The highest BCUT2D eigenvalue weighted by molar-refractivity contribution is 8.00. The number of carbonyl (C=O) groups excluding carboxylic acids is 1. The number of aryl methyl sites for hydroxylation is 3. The molecule has 0 aliphatic carbocycles. The minimum absolute atomic E-state index is 0.142. The molecule has 4 rings (SSSR count). The van der Waals surface area contributed by atoms with Gasteiger partial charge >= 0.3 is 0 Å². The summed E-state index contributed by atoms with van der Waals surface area (Å²) in [4.78, 5) is 13.3. The largest absolute Gasteiger partial charge is 0.325 e. The molecule has 2 aromatic carbocycles. The maximum absolute atomic E-state index is 13.5. The number of halogens is 1. The molecular formula is C22H24FN5OS. The van der Waals surface area contributed by atoms with E-state index in [2.05, 4.69) is 27.9 Å². The molecule has 6 nitrogen and oxygen atoms in total. The molecule has 0 fully saturated rings. The minimum Gasteiger partial charge on any atom is -0.325 e. The molecule has 1 aliphatic rings. The first-order chi connectivity index (χ1) is 14.5. The lowest BCUT2D eigenvalue weighted by molar-refractivity contribution is -0.116. The zero-order chi connectivity index (χ0) is 21.3. The summed E-state index contributed by atoms with van der Waals surface area (Å²) in [5.74, 6) is 0.367. The summed E-state index contributed by atoms with van der Waals surface area (Å²) in [7, 11) is 0. The third kappa shape index (κ3) is 4.05. The SMILES string of the molecule is CCCc1nnc2n1N[C@H](c1ccc(F)cc1)[C@H](C(=O)Nc1ccc(C)c(C)c1)S2. The number of fused-ring (bicyclic) bond motifs is 1. The zero-order valence-electron chi connectivity index (χ0n) is 17.1. The first-order valence-electron chi connectivity index (χ1n) is 9.97. The predicted molar refractivity (Wildman–Crippen MR) is 117 cm³/mol. The van der Waals surface area contributed by atoms with Gasteiger partial charge in [-0.15, -0.1) is 10.2 Å². The normalized spacial score (nSPS) is 17.9. The number of rotatable bonds is 5. The van der Waals surface area contributed by atoms with Crippen LogP contribution in [-0.2, 0) is 11.2 Å². The monoisotopic (exact) mass is 425 g/mol. The third-order valence-corrected chi connectivity index (χ3v) is 6.45. The molecule has 156 valence electrons. The van der Waals surface area contributed by atoms with Gasteiger partial charge in [0.1, 0.15) is 11.1 Å². The molecule has 0 bridgehead atoms. The van der Waals surface area contributed by atoms with Crippen LogP contribution in [0.5, 0.6) is 0 Å². The second-order valence-corrected chi connectivity index (χ2v) is 8.58. The Morgan fingerprint density at radius 1 is 1.17 bits per heavy atom.